The lowest BCUT2D eigenvalue weighted by Crippen LogP contribution is -2.48. The van der Waals surface area contributed by atoms with Crippen LogP contribution >= 0.6 is 0 Å². The van der Waals surface area contributed by atoms with E-state index < -0.39 is 21.9 Å². The number of halogens is 3. The molecule has 152 valence electrons. The van der Waals surface area contributed by atoms with Gasteiger partial charge in [-0.25, -0.2) is 4.98 Å². The van der Waals surface area contributed by atoms with Crippen LogP contribution in [0.1, 0.15) is 31.7 Å². The zero-order valence-corrected chi connectivity index (χ0v) is 16.1. The zero-order chi connectivity index (χ0) is 19.7. The van der Waals surface area contributed by atoms with E-state index >= 15 is 0 Å². The van der Waals surface area contributed by atoms with Crippen LogP contribution in [0.25, 0.3) is 0 Å². The first-order valence-electron chi connectivity index (χ1n) is 9.21. The Morgan fingerprint density at radius 3 is 2.41 bits per heavy atom. The number of pyridine rings is 1. The molecule has 2 saturated heterocycles. The number of piperidine rings is 1. The number of hydrogen-bond acceptors (Lipinski definition) is 4. The van der Waals surface area contributed by atoms with E-state index in [1.165, 1.54) is 10.4 Å². The standard InChI is InChI=1S/C17H25F3N4O2S/c1-14-4-2-8-24(13-14)27(25,26)23-9-3-7-22(10-11-23)16-6-5-15(12-21-16)17(18,19)20/h5-6,12,14H,2-4,7-11,13H2,1H3/t14-/m1/s1. The van der Waals surface area contributed by atoms with Crippen LogP contribution in [0.4, 0.5) is 19.0 Å². The average molecular weight is 406 g/mol. The first kappa shape index (κ1) is 20.3. The van der Waals surface area contributed by atoms with Crippen LogP contribution in [0.15, 0.2) is 18.3 Å². The monoisotopic (exact) mass is 406 g/mol. The summed E-state index contributed by atoms with van der Waals surface area (Å²) >= 11 is 0. The summed E-state index contributed by atoms with van der Waals surface area (Å²) in [6.07, 6.45) is -1.08. The molecular formula is C17H25F3N4O2S. The van der Waals surface area contributed by atoms with Gasteiger partial charge >= 0.3 is 6.18 Å². The molecule has 2 fully saturated rings. The number of anilines is 1. The Bertz CT molecular complexity index is 740. The normalized spacial score (nSPS) is 24.0. The Morgan fingerprint density at radius 2 is 1.78 bits per heavy atom. The fourth-order valence-corrected chi connectivity index (χ4v) is 5.42. The highest BCUT2D eigenvalue weighted by Crippen LogP contribution is 2.29. The third-order valence-electron chi connectivity index (χ3n) is 5.13. The fourth-order valence-electron chi connectivity index (χ4n) is 3.61. The van der Waals surface area contributed by atoms with E-state index in [2.05, 4.69) is 11.9 Å². The number of aromatic nitrogens is 1. The minimum absolute atomic E-state index is 0.302. The summed E-state index contributed by atoms with van der Waals surface area (Å²) in [7, 11) is -3.50. The Balaban J connectivity index is 1.66. The molecule has 0 amide bonds. The SMILES string of the molecule is C[C@@H]1CCCN(S(=O)(=O)N2CCCN(c3ccc(C(F)(F)F)cn3)CC2)C1. The van der Waals surface area contributed by atoms with Crippen molar-refractivity contribution in [1.82, 2.24) is 13.6 Å². The Labute approximate surface area is 158 Å². The second-order valence-electron chi connectivity index (χ2n) is 7.26. The molecule has 2 aliphatic heterocycles. The van der Waals surface area contributed by atoms with Crippen molar-refractivity contribution in [3.05, 3.63) is 23.9 Å². The number of nitrogens with zero attached hydrogens (tertiary/aromatic N) is 4. The topological polar surface area (TPSA) is 56.8 Å². The van der Waals surface area contributed by atoms with Crippen LogP contribution in [0.5, 0.6) is 0 Å². The lowest BCUT2D eigenvalue weighted by molar-refractivity contribution is -0.137. The van der Waals surface area contributed by atoms with Gasteiger partial charge in [-0.15, -0.1) is 0 Å². The van der Waals surface area contributed by atoms with Gasteiger partial charge in [-0.1, -0.05) is 6.92 Å². The molecular weight excluding hydrogens is 381 g/mol. The van der Waals surface area contributed by atoms with Crippen molar-refractivity contribution in [2.24, 2.45) is 5.92 Å². The van der Waals surface area contributed by atoms with E-state index in [0.717, 1.165) is 25.1 Å². The second-order valence-corrected chi connectivity index (χ2v) is 9.18. The van der Waals surface area contributed by atoms with Gasteiger partial charge in [-0.3, -0.25) is 0 Å². The highest BCUT2D eigenvalue weighted by Gasteiger charge is 2.34. The molecule has 6 nitrogen and oxygen atoms in total. The van der Waals surface area contributed by atoms with Crippen LogP contribution in [0.2, 0.25) is 0 Å². The minimum Gasteiger partial charge on any atom is -0.355 e. The summed E-state index contributed by atoms with van der Waals surface area (Å²) in [6.45, 7) is 4.82. The summed E-state index contributed by atoms with van der Waals surface area (Å²) in [5, 5.41) is 0. The zero-order valence-electron chi connectivity index (χ0n) is 15.3. The summed E-state index contributed by atoms with van der Waals surface area (Å²) in [5.74, 6) is 0.794. The van der Waals surface area contributed by atoms with E-state index in [1.54, 1.807) is 4.31 Å². The Morgan fingerprint density at radius 1 is 1.04 bits per heavy atom. The highest BCUT2D eigenvalue weighted by atomic mass is 32.2. The van der Waals surface area contributed by atoms with Gasteiger partial charge in [0.2, 0.25) is 0 Å². The van der Waals surface area contributed by atoms with E-state index in [-0.39, 0.29) is 0 Å². The van der Waals surface area contributed by atoms with Gasteiger partial charge in [0.15, 0.2) is 0 Å². The van der Waals surface area contributed by atoms with Gasteiger partial charge in [0.1, 0.15) is 5.82 Å². The third kappa shape index (κ3) is 4.72. The molecule has 0 N–H and O–H groups in total. The fraction of sp³-hybridized carbons (Fsp3) is 0.706. The predicted molar refractivity (Wildman–Crippen MR) is 96.5 cm³/mol. The molecule has 0 spiro atoms. The van der Waals surface area contributed by atoms with Crippen LogP contribution in [0.3, 0.4) is 0 Å². The van der Waals surface area contributed by atoms with Gasteiger partial charge in [0, 0.05) is 45.5 Å². The van der Waals surface area contributed by atoms with Gasteiger partial charge in [0.25, 0.3) is 10.2 Å². The van der Waals surface area contributed by atoms with Crippen molar-refractivity contribution in [3.63, 3.8) is 0 Å². The van der Waals surface area contributed by atoms with Crippen molar-refractivity contribution < 1.29 is 21.6 Å². The summed E-state index contributed by atoms with van der Waals surface area (Å²) in [6, 6.07) is 2.36. The van der Waals surface area contributed by atoms with Gasteiger partial charge in [0.05, 0.1) is 5.56 Å². The maximum Gasteiger partial charge on any atom is 0.417 e. The second kappa shape index (κ2) is 7.92. The smallest absolute Gasteiger partial charge is 0.355 e. The number of alkyl halides is 3. The maximum atomic E-state index is 12.9. The molecule has 10 heteroatoms. The summed E-state index contributed by atoms with van der Waals surface area (Å²) in [4.78, 5) is 5.77. The lowest BCUT2D eigenvalue weighted by atomic mass is 10.0. The molecule has 0 unspecified atom stereocenters. The van der Waals surface area contributed by atoms with Crippen molar-refractivity contribution in [1.29, 1.82) is 0 Å². The molecule has 0 radical (unpaired) electrons. The number of rotatable bonds is 3. The summed E-state index contributed by atoms with van der Waals surface area (Å²) < 4.78 is 67.0. The van der Waals surface area contributed by atoms with Gasteiger partial charge in [-0.05, 0) is 37.3 Å². The molecule has 0 aliphatic carbocycles. The minimum atomic E-state index is -4.42. The molecule has 0 bridgehead atoms. The average Bonchev–Trinajstić information content (AvgIpc) is 2.88. The van der Waals surface area contributed by atoms with Crippen LogP contribution < -0.4 is 4.90 Å². The lowest BCUT2D eigenvalue weighted by Gasteiger charge is -2.34. The van der Waals surface area contributed by atoms with Crippen LogP contribution in [-0.4, -0.2) is 61.3 Å². The molecule has 3 heterocycles. The van der Waals surface area contributed by atoms with Crippen molar-refractivity contribution in [2.75, 3.05) is 44.2 Å². The molecule has 3 rings (SSSR count). The first-order valence-corrected chi connectivity index (χ1v) is 10.6. The number of hydrogen-bond donors (Lipinski definition) is 0. The Hall–Kier alpha value is -1.39. The van der Waals surface area contributed by atoms with E-state index in [1.807, 2.05) is 4.90 Å². The largest absolute Gasteiger partial charge is 0.417 e. The van der Waals surface area contributed by atoms with E-state index in [0.29, 0.717) is 57.4 Å². The molecule has 0 aromatic carbocycles. The maximum absolute atomic E-state index is 12.9. The van der Waals surface area contributed by atoms with Crippen LogP contribution in [-0.2, 0) is 16.4 Å². The van der Waals surface area contributed by atoms with Crippen molar-refractivity contribution in [2.45, 2.75) is 32.4 Å². The highest BCUT2D eigenvalue weighted by molar-refractivity contribution is 7.86. The molecule has 27 heavy (non-hydrogen) atoms. The van der Waals surface area contributed by atoms with E-state index in [9.17, 15) is 21.6 Å². The van der Waals surface area contributed by atoms with E-state index in [4.69, 9.17) is 0 Å². The first-order chi connectivity index (χ1) is 12.7. The van der Waals surface area contributed by atoms with Crippen LogP contribution in [0, 0.1) is 5.92 Å². The van der Waals surface area contributed by atoms with Gasteiger partial charge < -0.3 is 4.90 Å². The molecule has 0 saturated carbocycles. The third-order valence-corrected chi connectivity index (χ3v) is 7.13. The molecule has 1 aromatic rings. The predicted octanol–water partition coefficient (Wildman–Crippen LogP) is 2.59. The Kier molecular flexibility index (Phi) is 5.97. The molecule has 1 atom stereocenters. The van der Waals surface area contributed by atoms with Crippen molar-refractivity contribution >= 4 is 16.0 Å². The van der Waals surface area contributed by atoms with Gasteiger partial charge in [-0.2, -0.15) is 30.2 Å². The quantitative estimate of drug-likeness (QED) is 0.774. The summed E-state index contributed by atoms with van der Waals surface area (Å²) in [5.41, 5.74) is -0.788. The molecule has 1 aromatic heterocycles. The molecule has 2 aliphatic rings. The van der Waals surface area contributed by atoms with Crippen molar-refractivity contribution in [3.8, 4) is 0 Å².